The second kappa shape index (κ2) is 8.23. The summed E-state index contributed by atoms with van der Waals surface area (Å²) >= 11 is 0. The summed E-state index contributed by atoms with van der Waals surface area (Å²) in [5.74, 6) is -1.67. The molecule has 0 aromatic heterocycles. The number of hydrogen-bond acceptors (Lipinski definition) is 7. The average Bonchev–Trinajstić information content (AvgIpc) is 2.96. The van der Waals surface area contributed by atoms with Crippen molar-refractivity contribution in [3.8, 4) is 0 Å². The van der Waals surface area contributed by atoms with Gasteiger partial charge in [0.25, 0.3) is 0 Å². The summed E-state index contributed by atoms with van der Waals surface area (Å²) in [7, 11) is 3.99. The van der Waals surface area contributed by atoms with Crippen LogP contribution in [-0.2, 0) is 30.2 Å². The van der Waals surface area contributed by atoms with Crippen LogP contribution in [0.4, 0.5) is 10.5 Å². The molecule has 1 unspecified atom stereocenters. The number of methoxy groups -OCH3 is 2. The summed E-state index contributed by atoms with van der Waals surface area (Å²) in [5, 5.41) is 0. The molecule has 2 rings (SSSR count). The predicted molar refractivity (Wildman–Crippen MR) is 105 cm³/mol. The Labute approximate surface area is 170 Å². The molecule has 1 atom stereocenters. The summed E-state index contributed by atoms with van der Waals surface area (Å²) in [6, 6.07) is 4.93. The van der Waals surface area contributed by atoms with Gasteiger partial charge in [-0.25, -0.2) is 4.79 Å². The maximum Gasteiger partial charge on any atom is 0.414 e. The van der Waals surface area contributed by atoms with Gasteiger partial charge in [0.1, 0.15) is 11.0 Å². The van der Waals surface area contributed by atoms with E-state index in [2.05, 4.69) is 4.74 Å². The van der Waals surface area contributed by atoms with Gasteiger partial charge in [-0.1, -0.05) is 12.1 Å². The average molecular weight is 405 g/mol. The minimum absolute atomic E-state index is 0.0220. The molecule has 8 heteroatoms. The maximum absolute atomic E-state index is 13.2. The number of fused-ring (bicyclic) bond motifs is 1. The molecule has 1 amide bonds. The summed E-state index contributed by atoms with van der Waals surface area (Å²) in [6.45, 7) is 5.27. The van der Waals surface area contributed by atoms with Crippen LogP contribution in [0.25, 0.3) is 0 Å². The van der Waals surface area contributed by atoms with Crippen molar-refractivity contribution in [2.75, 3.05) is 26.2 Å². The number of carbonyl (C=O) groups is 4. The van der Waals surface area contributed by atoms with E-state index in [1.165, 1.54) is 19.1 Å². The molecule has 8 nitrogen and oxygen atoms in total. The van der Waals surface area contributed by atoms with Gasteiger partial charge < -0.3 is 14.2 Å². The van der Waals surface area contributed by atoms with Gasteiger partial charge in [0.2, 0.25) is 0 Å². The number of amides is 1. The number of anilines is 1. The molecule has 1 aliphatic carbocycles. The number of ether oxygens (including phenoxy) is 3. The fraction of sp³-hybridized carbons (Fsp3) is 0.524. The van der Waals surface area contributed by atoms with Gasteiger partial charge in [0.05, 0.1) is 19.9 Å². The first-order valence-corrected chi connectivity index (χ1v) is 9.25. The molecular weight excluding hydrogens is 378 g/mol. The molecule has 0 fully saturated rings. The van der Waals surface area contributed by atoms with Crippen LogP contribution in [-0.4, -0.2) is 50.7 Å². The minimum Gasteiger partial charge on any atom is -0.469 e. The first kappa shape index (κ1) is 22.4. The summed E-state index contributed by atoms with van der Waals surface area (Å²) < 4.78 is 15.0. The summed E-state index contributed by atoms with van der Waals surface area (Å²) in [6.07, 6.45) is -0.713. The summed E-state index contributed by atoms with van der Waals surface area (Å²) in [4.78, 5) is 51.3. The lowest BCUT2D eigenvalue weighted by molar-refractivity contribution is -0.150. The normalized spacial score (nSPS) is 18.1. The number of benzene rings is 1. The zero-order chi connectivity index (χ0) is 22.0. The van der Waals surface area contributed by atoms with E-state index >= 15 is 0 Å². The van der Waals surface area contributed by atoms with Gasteiger partial charge >= 0.3 is 18.0 Å². The van der Waals surface area contributed by atoms with E-state index < -0.39 is 34.8 Å². The third kappa shape index (κ3) is 4.41. The first-order valence-electron chi connectivity index (χ1n) is 9.25. The Morgan fingerprint density at radius 2 is 1.79 bits per heavy atom. The Hall–Kier alpha value is -2.90. The molecular formula is C21H27NO7. The number of esters is 2. The molecule has 0 heterocycles. The second-order valence-electron chi connectivity index (χ2n) is 8.00. The Morgan fingerprint density at radius 1 is 1.14 bits per heavy atom. The third-order valence-corrected chi connectivity index (χ3v) is 4.90. The Balaban J connectivity index is 2.44. The highest BCUT2D eigenvalue weighted by Crippen LogP contribution is 2.45. The van der Waals surface area contributed by atoms with E-state index in [1.54, 1.807) is 46.0 Å². The van der Waals surface area contributed by atoms with Crippen LogP contribution in [0.15, 0.2) is 18.2 Å². The van der Waals surface area contributed by atoms with E-state index in [-0.39, 0.29) is 19.3 Å². The lowest BCUT2D eigenvalue weighted by Gasteiger charge is -2.26. The molecule has 158 valence electrons. The van der Waals surface area contributed by atoms with Crippen molar-refractivity contribution in [1.82, 2.24) is 0 Å². The molecule has 0 aliphatic heterocycles. The molecule has 0 radical (unpaired) electrons. The molecule has 1 aliphatic rings. The molecule has 0 spiro atoms. The zero-order valence-electron chi connectivity index (χ0n) is 17.7. The second-order valence-corrected chi connectivity index (χ2v) is 8.00. The Morgan fingerprint density at radius 3 is 2.34 bits per heavy atom. The molecule has 0 N–H and O–H groups in total. The van der Waals surface area contributed by atoms with E-state index in [1.807, 2.05) is 0 Å². The highest BCUT2D eigenvalue weighted by molar-refractivity contribution is 6.17. The molecule has 29 heavy (non-hydrogen) atoms. The van der Waals surface area contributed by atoms with Crippen molar-refractivity contribution < 1.29 is 33.4 Å². The zero-order valence-corrected chi connectivity index (χ0v) is 17.7. The lowest BCUT2D eigenvalue weighted by Crippen LogP contribution is -2.39. The molecule has 0 saturated heterocycles. The van der Waals surface area contributed by atoms with Crippen LogP contribution in [0, 0.1) is 5.41 Å². The van der Waals surface area contributed by atoms with Crippen molar-refractivity contribution in [1.29, 1.82) is 0 Å². The Kier molecular flexibility index (Phi) is 6.35. The molecule has 0 saturated carbocycles. The highest BCUT2D eigenvalue weighted by atomic mass is 16.6. The largest absolute Gasteiger partial charge is 0.469 e. The van der Waals surface area contributed by atoms with Gasteiger partial charge in [-0.2, -0.15) is 0 Å². The number of carbonyl (C=O) groups excluding carboxylic acids is 4. The monoisotopic (exact) mass is 405 g/mol. The van der Waals surface area contributed by atoms with Crippen LogP contribution in [0.2, 0.25) is 0 Å². The number of ketones is 1. The molecule has 1 aromatic rings. The highest BCUT2D eigenvalue weighted by Gasteiger charge is 2.53. The van der Waals surface area contributed by atoms with Crippen molar-refractivity contribution in [2.24, 2.45) is 5.41 Å². The number of hydrogen-bond donors (Lipinski definition) is 0. The maximum atomic E-state index is 13.2. The fourth-order valence-electron chi connectivity index (χ4n) is 3.44. The number of Topliss-reactive ketones (excluding diaryl/α,β-unsaturated/α-hetero) is 1. The molecule has 1 aromatic carbocycles. The van der Waals surface area contributed by atoms with Crippen LogP contribution in [0.3, 0.4) is 0 Å². The third-order valence-electron chi connectivity index (χ3n) is 4.90. The SMILES string of the molecule is COC(=O)CCC1(C(=O)OC)Cc2c(cccc2N(C)C(=O)OC(C)(C)C)C1=O. The lowest BCUT2D eigenvalue weighted by atomic mass is 9.79. The van der Waals surface area contributed by atoms with Gasteiger partial charge in [-0.05, 0) is 45.2 Å². The van der Waals surface area contributed by atoms with Crippen molar-refractivity contribution in [3.05, 3.63) is 29.3 Å². The standard InChI is InChI=1S/C21H27NO7/c1-20(2,3)29-19(26)22(4)15-9-7-8-13-14(15)12-21(17(13)24,18(25)28-6)11-10-16(23)27-5/h7-9H,10-12H2,1-6H3. The first-order chi connectivity index (χ1) is 13.5. The van der Waals surface area contributed by atoms with Crippen LogP contribution < -0.4 is 4.90 Å². The quantitative estimate of drug-likeness (QED) is 0.422. The van der Waals surface area contributed by atoms with E-state index in [0.717, 1.165) is 0 Å². The van der Waals surface area contributed by atoms with Crippen LogP contribution in [0.5, 0.6) is 0 Å². The van der Waals surface area contributed by atoms with Gasteiger partial charge in [0, 0.05) is 19.0 Å². The van der Waals surface area contributed by atoms with Gasteiger partial charge in [-0.15, -0.1) is 0 Å². The van der Waals surface area contributed by atoms with Crippen molar-refractivity contribution >= 4 is 29.5 Å². The van der Waals surface area contributed by atoms with Gasteiger partial charge in [0.15, 0.2) is 5.78 Å². The van der Waals surface area contributed by atoms with Crippen molar-refractivity contribution in [3.63, 3.8) is 0 Å². The van der Waals surface area contributed by atoms with Gasteiger partial charge in [-0.3, -0.25) is 19.3 Å². The van der Waals surface area contributed by atoms with Crippen LogP contribution in [0.1, 0.15) is 49.5 Å². The Bertz CT molecular complexity index is 840. The van der Waals surface area contributed by atoms with Crippen molar-refractivity contribution in [2.45, 2.75) is 45.6 Å². The smallest absolute Gasteiger partial charge is 0.414 e. The summed E-state index contributed by atoms with van der Waals surface area (Å²) in [5.41, 5.74) is -0.880. The number of rotatable bonds is 5. The number of nitrogens with zero attached hydrogens (tertiary/aromatic N) is 1. The predicted octanol–water partition coefficient (Wildman–Crippen LogP) is 2.91. The van der Waals surface area contributed by atoms with E-state index in [9.17, 15) is 19.2 Å². The van der Waals surface area contributed by atoms with E-state index in [0.29, 0.717) is 16.8 Å². The van der Waals surface area contributed by atoms with E-state index in [4.69, 9.17) is 9.47 Å². The van der Waals surface area contributed by atoms with Crippen LogP contribution >= 0.6 is 0 Å². The fourth-order valence-corrected chi connectivity index (χ4v) is 3.44. The topological polar surface area (TPSA) is 99.2 Å². The minimum atomic E-state index is -1.53. The molecule has 0 bridgehead atoms.